The van der Waals surface area contributed by atoms with E-state index < -0.39 is 0 Å². The van der Waals surface area contributed by atoms with Crippen LogP contribution in [-0.2, 0) is 9.47 Å². The van der Waals surface area contributed by atoms with Gasteiger partial charge in [0, 0.05) is 33.0 Å². The van der Waals surface area contributed by atoms with E-state index in [2.05, 4.69) is 16.0 Å². The topological polar surface area (TPSA) is 58.4 Å². The number of aromatic nitrogens is 1. The highest BCUT2D eigenvalue weighted by Gasteiger charge is 2.34. The molecule has 102 valence electrons. The van der Waals surface area contributed by atoms with Gasteiger partial charge in [0.2, 0.25) is 0 Å². The molecule has 1 aromatic heterocycles. The molecular weight excluding hydrogens is 242 g/mol. The van der Waals surface area contributed by atoms with Crippen molar-refractivity contribution in [3.8, 4) is 6.07 Å². The standard InChI is InChI=1S/C14H19N3O2/c1-9-5-10(2)16-14(11(9)6-15)17-7-12(18-3)13(8-17)19-4/h5,12-13H,7-8H2,1-4H3. The second-order valence-electron chi connectivity index (χ2n) is 4.84. The SMILES string of the molecule is COC1CN(c2nc(C)cc(C)c2C#N)CC1OC. The van der Waals surface area contributed by atoms with Crippen molar-refractivity contribution in [1.82, 2.24) is 4.98 Å². The molecule has 0 bridgehead atoms. The first-order valence-electron chi connectivity index (χ1n) is 6.29. The van der Waals surface area contributed by atoms with Crippen LogP contribution in [0, 0.1) is 25.2 Å². The van der Waals surface area contributed by atoms with E-state index >= 15 is 0 Å². The van der Waals surface area contributed by atoms with E-state index in [9.17, 15) is 5.26 Å². The summed E-state index contributed by atoms with van der Waals surface area (Å²) in [7, 11) is 3.36. The van der Waals surface area contributed by atoms with Gasteiger partial charge in [-0.05, 0) is 25.5 Å². The first-order valence-corrected chi connectivity index (χ1v) is 6.29. The van der Waals surface area contributed by atoms with Gasteiger partial charge in [-0.2, -0.15) is 5.26 Å². The van der Waals surface area contributed by atoms with Crippen LogP contribution in [0.1, 0.15) is 16.8 Å². The van der Waals surface area contributed by atoms with E-state index in [0.717, 1.165) is 17.1 Å². The maximum atomic E-state index is 9.32. The van der Waals surface area contributed by atoms with Crippen molar-refractivity contribution in [2.24, 2.45) is 0 Å². The normalized spacial score (nSPS) is 22.6. The zero-order valence-corrected chi connectivity index (χ0v) is 11.8. The average molecular weight is 261 g/mol. The maximum absolute atomic E-state index is 9.32. The molecule has 2 unspecified atom stereocenters. The Morgan fingerprint density at radius 1 is 1.26 bits per heavy atom. The highest BCUT2D eigenvalue weighted by atomic mass is 16.5. The fraction of sp³-hybridized carbons (Fsp3) is 0.571. The van der Waals surface area contributed by atoms with Crippen LogP contribution in [0.5, 0.6) is 0 Å². The van der Waals surface area contributed by atoms with E-state index in [1.54, 1.807) is 14.2 Å². The van der Waals surface area contributed by atoms with Gasteiger partial charge in [0.1, 0.15) is 24.1 Å². The summed E-state index contributed by atoms with van der Waals surface area (Å²) in [5.74, 6) is 0.738. The van der Waals surface area contributed by atoms with Gasteiger partial charge in [0.15, 0.2) is 0 Å². The molecule has 2 atom stereocenters. The van der Waals surface area contributed by atoms with Crippen molar-refractivity contribution in [3.05, 3.63) is 22.9 Å². The van der Waals surface area contributed by atoms with E-state index in [-0.39, 0.29) is 12.2 Å². The summed E-state index contributed by atoms with van der Waals surface area (Å²) >= 11 is 0. The monoisotopic (exact) mass is 261 g/mol. The Morgan fingerprint density at radius 2 is 1.84 bits per heavy atom. The second kappa shape index (κ2) is 5.55. The molecule has 2 heterocycles. The molecule has 19 heavy (non-hydrogen) atoms. The molecule has 0 spiro atoms. The third-order valence-electron chi connectivity index (χ3n) is 3.56. The first kappa shape index (κ1) is 13.8. The van der Waals surface area contributed by atoms with E-state index in [0.29, 0.717) is 18.7 Å². The van der Waals surface area contributed by atoms with E-state index in [1.165, 1.54) is 0 Å². The smallest absolute Gasteiger partial charge is 0.147 e. The molecule has 1 saturated heterocycles. The Morgan fingerprint density at radius 3 is 2.32 bits per heavy atom. The summed E-state index contributed by atoms with van der Waals surface area (Å²) in [5, 5.41) is 9.32. The minimum absolute atomic E-state index is 0.0131. The predicted octanol–water partition coefficient (Wildman–Crippen LogP) is 1.42. The predicted molar refractivity (Wildman–Crippen MR) is 72.2 cm³/mol. The Labute approximate surface area is 113 Å². The molecule has 0 aromatic carbocycles. The number of aryl methyl sites for hydroxylation is 2. The molecule has 0 amide bonds. The third kappa shape index (κ3) is 2.55. The van der Waals surface area contributed by atoms with Crippen molar-refractivity contribution in [3.63, 3.8) is 0 Å². The van der Waals surface area contributed by atoms with Crippen LogP contribution in [0.25, 0.3) is 0 Å². The average Bonchev–Trinajstić information content (AvgIpc) is 2.81. The summed E-state index contributed by atoms with van der Waals surface area (Å²) < 4.78 is 10.8. The fourth-order valence-electron chi connectivity index (χ4n) is 2.55. The highest BCUT2D eigenvalue weighted by Crippen LogP contribution is 2.27. The lowest BCUT2D eigenvalue weighted by Crippen LogP contribution is -2.27. The number of ether oxygens (including phenoxy) is 2. The van der Waals surface area contributed by atoms with Crippen LogP contribution < -0.4 is 4.90 Å². The molecule has 1 aromatic rings. The van der Waals surface area contributed by atoms with Gasteiger partial charge >= 0.3 is 0 Å². The van der Waals surface area contributed by atoms with E-state index in [1.807, 2.05) is 19.9 Å². The highest BCUT2D eigenvalue weighted by molar-refractivity contribution is 5.59. The Kier molecular flexibility index (Phi) is 4.03. The minimum Gasteiger partial charge on any atom is -0.377 e. The van der Waals surface area contributed by atoms with Crippen molar-refractivity contribution in [2.45, 2.75) is 26.1 Å². The Hall–Kier alpha value is -1.64. The molecule has 0 radical (unpaired) electrons. The number of pyridine rings is 1. The number of nitriles is 1. The number of nitrogens with zero attached hydrogens (tertiary/aromatic N) is 3. The first-order chi connectivity index (χ1) is 9.10. The molecular formula is C14H19N3O2. The van der Waals surface area contributed by atoms with Crippen LogP contribution >= 0.6 is 0 Å². The number of methoxy groups -OCH3 is 2. The Bertz CT molecular complexity index is 498. The summed E-state index contributed by atoms with van der Waals surface area (Å²) in [6.45, 7) is 5.27. The number of rotatable bonds is 3. The molecule has 1 aliphatic heterocycles. The van der Waals surface area contributed by atoms with Gasteiger partial charge in [-0.25, -0.2) is 4.98 Å². The van der Waals surface area contributed by atoms with Crippen LogP contribution in [0.4, 0.5) is 5.82 Å². The van der Waals surface area contributed by atoms with Gasteiger partial charge in [-0.1, -0.05) is 0 Å². The largest absolute Gasteiger partial charge is 0.377 e. The summed E-state index contributed by atoms with van der Waals surface area (Å²) in [6.07, 6.45) is 0.0262. The minimum atomic E-state index is 0.0131. The van der Waals surface area contributed by atoms with Gasteiger partial charge < -0.3 is 14.4 Å². The molecule has 0 aliphatic carbocycles. The van der Waals surface area contributed by atoms with Gasteiger partial charge in [-0.3, -0.25) is 0 Å². The molecule has 1 fully saturated rings. The van der Waals surface area contributed by atoms with Crippen molar-refractivity contribution < 1.29 is 9.47 Å². The van der Waals surface area contributed by atoms with Crippen molar-refractivity contribution in [2.75, 3.05) is 32.2 Å². The van der Waals surface area contributed by atoms with Crippen LogP contribution in [0.2, 0.25) is 0 Å². The second-order valence-corrected chi connectivity index (χ2v) is 4.84. The van der Waals surface area contributed by atoms with E-state index in [4.69, 9.17) is 9.47 Å². The number of hydrogen-bond acceptors (Lipinski definition) is 5. The molecule has 5 nitrogen and oxygen atoms in total. The quantitative estimate of drug-likeness (QED) is 0.823. The number of hydrogen-bond donors (Lipinski definition) is 0. The van der Waals surface area contributed by atoms with Crippen LogP contribution in [0.3, 0.4) is 0 Å². The van der Waals surface area contributed by atoms with Crippen LogP contribution in [0.15, 0.2) is 6.07 Å². The summed E-state index contributed by atoms with van der Waals surface area (Å²) in [5.41, 5.74) is 2.51. The van der Waals surface area contributed by atoms with Crippen LogP contribution in [-0.4, -0.2) is 44.5 Å². The van der Waals surface area contributed by atoms with Crippen molar-refractivity contribution >= 4 is 5.82 Å². The van der Waals surface area contributed by atoms with Gasteiger partial charge in [0.05, 0.1) is 5.56 Å². The zero-order chi connectivity index (χ0) is 14.0. The molecule has 1 aliphatic rings. The third-order valence-corrected chi connectivity index (χ3v) is 3.56. The fourth-order valence-corrected chi connectivity index (χ4v) is 2.55. The zero-order valence-electron chi connectivity index (χ0n) is 11.8. The number of anilines is 1. The lowest BCUT2D eigenvalue weighted by Gasteiger charge is -2.19. The lowest BCUT2D eigenvalue weighted by molar-refractivity contribution is -0.00461. The summed E-state index contributed by atoms with van der Waals surface area (Å²) in [4.78, 5) is 6.59. The lowest BCUT2D eigenvalue weighted by atomic mass is 10.1. The molecule has 0 saturated carbocycles. The van der Waals surface area contributed by atoms with Crippen molar-refractivity contribution in [1.29, 1.82) is 5.26 Å². The van der Waals surface area contributed by atoms with Gasteiger partial charge in [0.25, 0.3) is 0 Å². The Balaban J connectivity index is 2.36. The van der Waals surface area contributed by atoms with Gasteiger partial charge in [-0.15, -0.1) is 0 Å². The maximum Gasteiger partial charge on any atom is 0.147 e. The molecule has 2 rings (SSSR count). The molecule has 0 N–H and O–H groups in total. The molecule has 5 heteroatoms. The summed E-state index contributed by atoms with van der Waals surface area (Å²) in [6, 6.07) is 4.18.